The van der Waals surface area contributed by atoms with E-state index in [0.29, 0.717) is 25.6 Å². The Morgan fingerprint density at radius 1 is 0.929 bits per heavy atom. The Morgan fingerprint density at radius 2 is 1.54 bits per heavy atom. The number of hydrogen-bond acceptors (Lipinski definition) is 3. The van der Waals surface area contributed by atoms with Crippen LogP contribution >= 0.6 is 0 Å². The summed E-state index contributed by atoms with van der Waals surface area (Å²) in [5.41, 5.74) is 1.98. The first-order valence-corrected chi connectivity index (χ1v) is 9.44. The number of rotatable bonds is 10. The van der Waals surface area contributed by atoms with Gasteiger partial charge in [-0.05, 0) is 41.3 Å². The van der Waals surface area contributed by atoms with E-state index in [9.17, 15) is 14.0 Å². The van der Waals surface area contributed by atoms with Gasteiger partial charge in [0.1, 0.15) is 11.6 Å². The van der Waals surface area contributed by atoms with Crippen LogP contribution in [-0.2, 0) is 16.0 Å². The van der Waals surface area contributed by atoms with Crippen molar-refractivity contribution >= 4 is 11.8 Å². The average molecular weight is 386 g/mol. The van der Waals surface area contributed by atoms with Crippen molar-refractivity contribution < 1.29 is 18.7 Å². The molecule has 0 unspecified atom stereocenters. The van der Waals surface area contributed by atoms with Crippen LogP contribution in [0.1, 0.15) is 37.3 Å². The molecule has 0 radical (unpaired) electrons. The van der Waals surface area contributed by atoms with Crippen molar-refractivity contribution in [3.05, 3.63) is 65.5 Å². The van der Waals surface area contributed by atoms with Crippen LogP contribution in [0.2, 0.25) is 0 Å². The highest BCUT2D eigenvalue weighted by atomic mass is 19.1. The maximum atomic E-state index is 12.8. The van der Waals surface area contributed by atoms with Gasteiger partial charge in [0.25, 0.3) is 0 Å². The van der Waals surface area contributed by atoms with Crippen LogP contribution < -0.4 is 15.4 Å². The van der Waals surface area contributed by atoms with E-state index in [4.69, 9.17) is 4.74 Å². The zero-order valence-corrected chi connectivity index (χ0v) is 16.3. The van der Waals surface area contributed by atoms with Crippen molar-refractivity contribution in [2.45, 2.75) is 32.6 Å². The number of nitrogens with one attached hydrogen (secondary N) is 2. The van der Waals surface area contributed by atoms with Gasteiger partial charge in [-0.25, -0.2) is 4.39 Å². The summed E-state index contributed by atoms with van der Waals surface area (Å²) in [6, 6.07) is 13.7. The van der Waals surface area contributed by atoms with Gasteiger partial charge in [0.2, 0.25) is 11.8 Å². The van der Waals surface area contributed by atoms with Gasteiger partial charge in [-0.15, -0.1) is 0 Å². The summed E-state index contributed by atoms with van der Waals surface area (Å²) in [5.74, 6) is 0.574. The van der Waals surface area contributed by atoms with Crippen LogP contribution in [0.15, 0.2) is 48.5 Å². The second-order valence-electron chi connectivity index (χ2n) is 6.83. The quantitative estimate of drug-likeness (QED) is 0.616. The SMILES string of the molecule is CC(C)c1ccc(OCCC(=O)NCCNC(=O)Cc2ccc(F)cc2)cc1. The maximum absolute atomic E-state index is 12.8. The molecule has 2 N–H and O–H groups in total. The standard InChI is InChI=1S/C22H27FN2O3/c1-16(2)18-5-9-20(10-6-18)28-14-11-21(26)24-12-13-25-22(27)15-17-3-7-19(23)8-4-17/h3-10,16H,11-15H2,1-2H3,(H,24,26)(H,25,27). The molecule has 0 aliphatic carbocycles. The highest BCUT2D eigenvalue weighted by Gasteiger charge is 2.05. The molecule has 0 bridgehead atoms. The molecule has 0 heterocycles. The van der Waals surface area contributed by atoms with Crippen molar-refractivity contribution in [1.29, 1.82) is 0 Å². The predicted octanol–water partition coefficient (Wildman–Crippen LogP) is 3.19. The molecule has 0 atom stereocenters. The molecule has 28 heavy (non-hydrogen) atoms. The highest BCUT2D eigenvalue weighted by molar-refractivity contribution is 5.79. The monoisotopic (exact) mass is 386 g/mol. The van der Waals surface area contributed by atoms with Gasteiger partial charge in [-0.2, -0.15) is 0 Å². The Kier molecular flexibility index (Phi) is 8.46. The molecule has 2 amide bonds. The van der Waals surface area contributed by atoms with E-state index in [1.54, 1.807) is 12.1 Å². The normalized spacial score (nSPS) is 10.6. The third-order valence-corrected chi connectivity index (χ3v) is 4.19. The number of amides is 2. The fourth-order valence-corrected chi connectivity index (χ4v) is 2.55. The highest BCUT2D eigenvalue weighted by Crippen LogP contribution is 2.18. The molecule has 0 spiro atoms. The van der Waals surface area contributed by atoms with Gasteiger partial charge in [0.05, 0.1) is 19.4 Å². The van der Waals surface area contributed by atoms with Crippen molar-refractivity contribution in [3.63, 3.8) is 0 Å². The summed E-state index contributed by atoms with van der Waals surface area (Å²) in [6.07, 6.45) is 0.424. The van der Waals surface area contributed by atoms with Gasteiger partial charge in [0.15, 0.2) is 0 Å². The lowest BCUT2D eigenvalue weighted by Crippen LogP contribution is -2.35. The maximum Gasteiger partial charge on any atom is 0.224 e. The molecule has 0 aromatic heterocycles. The lowest BCUT2D eigenvalue weighted by molar-refractivity contribution is -0.122. The lowest BCUT2D eigenvalue weighted by atomic mass is 10.0. The molecule has 2 aromatic carbocycles. The number of ether oxygens (including phenoxy) is 1. The molecule has 2 rings (SSSR count). The molecule has 150 valence electrons. The number of hydrogen-bond donors (Lipinski definition) is 2. The van der Waals surface area contributed by atoms with Crippen molar-refractivity contribution in [1.82, 2.24) is 10.6 Å². The molecular formula is C22H27FN2O3. The average Bonchev–Trinajstić information content (AvgIpc) is 2.67. The summed E-state index contributed by atoms with van der Waals surface area (Å²) in [6.45, 7) is 5.24. The summed E-state index contributed by atoms with van der Waals surface area (Å²) < 4.78 is 18.4. The van der Waals surface area contributed by atoms with Crippen LogP contribution in [0.3, 0.4) is 0 Å². The third kappa shape index (κ3) is 7.78. The van der Waals surface area contributed by atoms with Gasteiger partial charge in [-0.1, -0.05) is 38.1 Å². The number of benzene rings is 2. The Morgan fingerprint density at radius 3 is 2.14 bits per heavy atom. The minimum atomic E-state index is -0.330. The third-order valence-electron chi connectivity index (χ3n) is 4.19. The van der Waals surface area contributed by atoms with E-state index in [1.165, 1.54) is 17.7 Å². The molecule has 6 heteroatoms. The summed E-state index contributed by atoms with van der Waals surface area (Å²) >= 11 is 0. The zero-order valence-electron chi connectivity index (χ0n) is 16.3. The summed E-state index contributed by atoms with van der Waals surface area (Å²) in [5, 5.41) is 5.46. The van der Waals surface area contributed by atoms with Crippen LogP contribution in [0.25, 0.3) is 0 Å². The number of halogens is 1. The largest absolute Gasteiger partial charge is 0.493 e. The van der Waals surface area contributed by atoms with Crippen molar-refractivity contribution in [3.8, 4) is 5.75 Å². The topological polar surface area (TPSA) is 67.4 Å². The second-order valence-corrected chi connectivity index (χ2v) is 6.83. The molecular weight excluding hydrogens is 359 g/mol. The Labute approximate surface area is 165 Å². The van der Waals surface area contributed by atoms with E-state index in [1.807, 2.05) is 24.3 Å². The fourth-order valence-electron chi connectivity index (χ4n) is 2.55. The van der Waals surface area contributed by atoms with Gasteiger partial charge < -0.3 is 15.4 Å². The Balaban J connectivity index is 1.56. The number of carbonyl (C=O) groups is 2. The first kappa shape index (κ1) is 21.4. The Hall–Kier alpha value is -2.89. The predicted molar refractivity (Wildman–Crippen MR) is 107 cm³/mol. The number of carbonyl (C=O) groups excluding carboxylic acids is 2. The van der Waals surface area contributed by atoms with Crippen molar-refractivity contribution in [2.75, 3.05) is 19.7 Å². The molecule has 0 aliphatic rings. The van der Waals surface area contributed by atoms with Crippen molar-refractivity contribution in [2.24, 2.45) is 0 Å². The second kappa shape index (κ2) is 11.1. The Bertz CT molecular complexity index is 758. The molecule has 0 saturated carbocycles. The zero-order chi connectivity index (χ0) is 20.4. The van der Waals surface area contributed by atoms with Crippen LogP contribution in [-0.4, -0.2) is 31.5 Å². The molecule has 0 aliphatic heterocycles. The molecule has 5 nitrogen and oxygen atoms in total. The first-order valence-electron chi connectivity index (χ1n) is 9.44. The van der Waals surface area contributed by atoms with E-state index in [2.05, 4.69) is 24.5 Å². The van der Waals surface area contributed by atoms with E-state index >= 15 is 0 Å². The van der Waals surface area contributed by atoms with Gasteiger partial charge in [-0.3, -0.25) is 9.59 Å². The first-order chi connectivity index (χ1) is 13.4. The van der Waals surface area contributed by atoms with E-state index in [-0.39, 0.29) is 30.5 Å². The van der Waals surface area contributed by atoms with E-state index < -0.39 is 0 Å². The van der Waals surface area contributed by atoms with Crippen LogP contribution in [0.5, 0.6) is 5.75 Å². The smallest absolute Gasteiger partial charge is 0.224 e. The molecule has 2 aromatic rings. The summed E-state index contributed by atoms with van der Waals surface area (Å²) in [7, 11) is 0. The molecule has 0 saturated heterocycles. The van der Waals surface area contributed by atoms with Crippen LogP contribution in [0, 0.1) is 5.82 Å². The van der Waals surface area contributed by atoms with Crippen LogP contribution in [0.4, 0.5) is 4.39 Å². The minimum absolute atomic E-state index is 0.133. The summed E-state index contributed by atoms with van der Waals surface area (Å²) in [4.78, 5) is 23.6. The minimum Gasteiger partial charge on any atom is -0.493 e. The van der Waals surface area contributed by atoms with E-state index in [0.717, 1.165) is 11.3 Å². The van der Waals surface area contributed by atoms with Gasteiger partial charge in [0, 0.05) is 13.1 Å². The lowest BCUT2D eigenvalue weighted by Gasteiger charge is -2.10. The molecule has 0 fully saturated rings. The van der Waals surface area contributed by atoms with Gasteiger partial charge >= 0.3 is 0 Å². The fraction of sp³-hybridized carbons (Fsp3) is 0.364.